The van der Waals surface area contributed by atoms with Crippen LogP contribution in [-0.4, -0.2) is 39.6 Å². The number of hydrogen-bond acceptors (Lipinski definition) is 3. The van der Waals surface area contributed by atoms with E-state index in [1.54, 1.807) is 0 Å². The Morgan fingerprint density at radius 3 is 2.38 bits per heavy atom. The van der Waals surface area contributed by atoms with Gasteiger partial charge in [-0.3, -0.25) is 10.1 Å². The zero-order valence-corrected chi connectivity index (χ0v) is 10.1. The van der Waals surface area contributed by atoms with Crippen LogP contribution in [0.25, 0.3) is 0 Å². The van der Waals surface area contributed by atoms with Crippen LogP contribution in [0.15, 0.2) is 12.1 Å². The average molecular weight is 231 g/mol. The fraction of sp³-hybridized carbons (Fsp3) is 0. The van der Waals surface area contributed by atoms with Crippen molar-refractivity contribution in [3.8, 4) is 5.75 Å². The standard InChI is InChI=1S/C6H3Cl2NO3.Na/c7-3-1-4(8)6(10)5(2-3)9(11)12;/h1-2,10H;. The van der Waals surface area contributed by atoms with Crippen LogP contribution in [0.2, 0.25) is 10.0 Å². The molecule has 0 heterocycles. The molecule has 4 nitrogen and oxygen atoms in total. The maximum atomic E-state index is 10.3. The molecule has 0 atom stereocenters. The summed E-state index contributed by atoms with van der Waals surface area (Å²) < 4.78 is 0. The largest absolute Gasteiger partial charge is 0.501 e. The van der Waals surface area contributed by atoms with Gasteiger partial charge in [0.1, 0.15) is 0 Å². The normalized spacial score (nSPS) is 9.08. The molecular formula is C6H3Cl2NNaO3. The summed E-state index contributed by atoms with van der Waals surface area (Å²) in [6.45, 7) is 0. The Kier molecular flexibility index (Phi) is 5.02. The maximum absolute atomic E-state index is 10.3. The smallest absolute Gasteiger partial charge is 0.313 e. The quantitative estimate of drug-likeness (QED) is 0.457. The molecule has 0 amide bonds. The van der Waals surface area contributed by atoms with Gasteiger partial charge in [-0.05, 0) is 6.07 Å². The van der Waals surface area contributed by atoms with Crippen LogP contribution in [0.5, 0.6) is 5.75 Å². The van der Waals surface area contributed by atoms with Crippen molar-refractivity contribution in [2.24, 2.45) is 0 Å². The molecule has 0 unspecified atom stereocenters. The van der Waals surface area contributed by atoms with Gasteiger partial charge in [0.15, 0.2) is 0 Å². The van der Waals surface area contributed by atoms with Crippen LogP contribution in [0.3, 0.4) is 0 Å². The molecule has 1 radical (unpaired) electrons. The number of aromatic hydroxyl groups is 1. The second kappa shape index (κ2) is 5.02. The van der Waals surface area contributed by atoms with Gasteiger partial charge in [-0.1, -0.05) is 23.2 Å². The Morgan fingerprint density at radius 1 is 1.38 bits per heavy atom. The van der Waals surface area contributed by atoms with E-state index < -0.39 is 16.4 Å². The minimum Gasteiger partial charge on any atom is -0.501 e. The first kappa shape index (κ1) is 13.0. The van der Waals surface area contributed by atoms with E-state index in [4.69, 9.17) is 28.3 Å². The Morgan fingerprint density at radius 2 is 1.92 bits per heavy atom. The average Bonchev–Trinajstić information content (AvgIpc) is 1.96. The van der Waals surface area contributed by atoms with Gasteiger partial charge >= 0.3 is 5.69 Å². The third-order valence-corrected chi connectivity index (χ3v) is 1.71. The molecule has 0 spiro atoms. The maximum Gasteiger partial charge on any atom is 0.313 e. The Bertz CT molecular complexity index is 345. The van der Waals surface area contributed by atoms with Crippen LogP contribution in [0, 0.1) is 10.1 Å². The van der Waals surface area contributed by atoms with Crippen LogP contribution in [-0.2, 0) is 0 Å². The molecule has 13 heavy (non-hydrogen) atoms. The van der Waals surface area contributed by atoms with Gasteiger partial charge in [0.2, 0.25) is 5.75 Å². The number of nitro groups is 1. The van der Waals surface area contributed by atoms with E-state index in [0.717, 1.165) is 6.07 Å². The third kappa shape index (κ3) is 3.00. The van der Waals surface area contributed by atoms with Crippen molar-refractivity contribution >= 4 is 58.4 Å². The Balaban J connectivity index is 0.00000144. The number of phenolic OH excluding ortho intramolecular Hbond substituents is 1. The summed E-state index contributed by atoms with van der Waals surface area (Å²) in [6.07, 6.45) is 0. The molecule has 1 rings (SSSR count). The SMILES string of the molecule is O=[N+]([O-])c1cc(Cl)cc(Cl)c1O.[Na]. The molecule has 0 saturated heterocycles. The van der Waals surface area contributed by atoms with Gasteiger partial charge in [0, 0.05) is 40.6 Å². The summed E-state index contributed by atoms with van der Waals surface area (Å²) in [5.41, 5.74) is -0.493. The van der Waals surface area contributed by atoms with E-state index in [9.17, 15) is 10.1 Å². The van der Waals surface area contributed by atoms with Crippen molar-refractivity contribution in [3.63, 3.8) is 0 Å². The fourth-order valence-corrected chi connectivity index (χ4v) is 1.17. The number of halogens is 2. The molecule has 7 heteroatoms. The minimum absolute atomic E-state index is 0. The molecule has 0 aliphatic heterocycles. The van der Waals surface area contributed by atoms with Crippen molar-refractivity contribution in [1.29, 1.82) is 0 Å². The van der Waals surface area contributed by atoms with Crippen molar-refractivity contribution in [1.82, 2.24) is 0 Å². The second-order valence-electron chi connectivity index (χ2n) is 2.01. The van der Waals surface area contributed by atoms with Gasteiger partial charge in [0.25, 0.3) is 0 Å². The molecule has 1 N–H and O–H groups in total. The summed E-state index contributed by atoms with van der Waals surface area (Å²) in [5, 5.41) is 19.3. The van der Waals surface area contributed by atoms with Crippen LogP contribution in [0.1, 0.15) is 0 Å². The summed E-state index contributed by atoms with van der Waals surface area (Å²) >= 11 is 10.9. The second-order valence-corrected chi connectivity index (χ2v) is 2.86. The number of nitro benzene ring substituents is 1. The van der Waals surface area contributed by atoms with Crippen molar-refractivity contribution in [2.45, 2.75) is 0 Å². The fourth-order valence-electron chi connectivity index (χ4n) is 0.692. The van der Waals surface area contributed by atoms with Crippen LogP contribution in [0.4, 0.5) is 5.69 Å². The first-order valence-electron chi connectivity index (χ1n) is 2.85. The predicted molar refractivity (Wildman–Crippen MR) is 50.5 cm³/mol. The zero-order chi connectivity index (χ0) is 9.30. The van der Waals surface area contributed by atoms with Crippen molar-refractivity contribution in [3.05, 3.63) is 32.3 Å². The van der Waals surface area contributed by atoms with Gasteiger partial charge in [-0.2, -0.15) is 0 Å². The molecule has 1 aromatic rings. The van der Waals surface area contributed by atoms with E-state index in [2.05, 4.69) is 0 Å². The molecule has 0 saturated carbocycles. The monoisotopic (exact) mass is 230 g/mol. The predicted octanol–water partition coefficient (Wildman–Crippen LogP) is 2.23. The van der Waals surface area contributed by atoms with E-state index in [1.165, 1.54) is 6.07 Å². The summed E-state index contributed by atoms with van der Waals surface area (Å²) in [4.78, 5) is 9.50. The molecule has 1 aromatic carbocycles. The van der Waals surface area contributed by atoms with E-state index >= 15 is 0 Å². The topological polar surface area (TPSA) is 63.4 Å². The van der Waals surface area contributed by atoms with Gasteiger partial charge in [0.05, 0.1) is 9.95 Å². The van der Waals surface area contributed by atoms with Gasteiger partial charge < -0.3 is 5.11 Å². The first-order valence-corrected chi connectivity index (χ1v) is 3.60. The van der Waals surface area contributed by atoms with Crippen molar-refractivity contribution in [2.75, 3.05) is 0 Å². The Hall–Kier alpha value is -0.000000000000000222. The summed E-state index contributed by atoms with van der Waals surface area (Å²) in [5.74, 6) is -0.564. The van der Waals surface area contributed by atoms with Gasteiger partial charge in [-0.15, -0.1) is 0 Å². The molecule has 0 aliphatic carbocycles. The van der Waals surface area contributed by atoms with E-state index in [0.29, 0.717) is 0 Å². The van der Waals surface area contributed by atoms with E-state index in [1.807, 2.05) is 0 Å². The molecule has 65 valence electrons. The van der Waals surface area contributed by atoms with Crippen LogP contribution >= 0.6 is 23.2 Å². The number of rotatable bonds is 1. The molecule has 0 aromatic heterocycles. The van der Waals surface area contributed by atoms with E-state index in [-0.39, 0.29) is 39.6 Å². The number of nitrogens with zero attached hydrogens (tertiary/aromatic N) is 1. The molecule has 0 aliphatic rings. The summed E-state index contributed by atoms with van der Waals surface area (Å²) in [6, 6.07) is 2.26. The first-order chi connectivity index (χ1) is 5.52. The number of phenols is 1. The number of hydrogen-bond donors (Lipinski definition) is 1. The number of benzene rings is 1. The van der Waals surface area contributed by atoms with Crippen LogP contribution < -0.4 is 0 Å². The molecule has 0 fully saturated rings. The molecular weight excluding hydrogens is 228 g/mol. The zero-order valence-electron chi connectivity index (χ0n) is 6.62. The summed E-state index contributed by atoms with van der Waals surface area (Å²) in [7, 11) is 0. The Labute approximate surface area is 106 Å². The molecule has 0 bridgehead atoms. The third-order valence-electron chi connectivity index (χ3n) is 1.20. The van der Waals surface area contributed by atoms with Crippen molar-refractivity contribution < 1.29 is 10.0 Å². The van der Waals surface area contributed by atoms with Gasteiger partial charge in [-0.25, -0.2) is 0 Å². The minimum atomic E-state index is -0.757.